The average molecular weight is 790 g/mol. The Balaban J connectivity index is 4.24. The lowest BCUT2D eigenvalue weighted by atomic mass is 10.1. The van der Waals surface area contributed by atoms with Gasteiger partial charge in [-0.1, -0.05) is 144 Å². The maximum Gasteiger partial charge on any atom is 0.472 e. The van der Waals surface area contributed by atoms with Gasteiger partial charge in [-0.3, -0.25) is 18.6 Å². The van der Waals surface area contributed by atoms with E-state index in [1.807, 2.05) is 0 Å². The van der Waals surface area contributed by atoms with Crippen LogP contribution in [-0.2, 0) is 32.7 Å². The van der Waals surface area contributed by atoms with Crippen LogP contribution in [-0.4, -0.2) is 49.3 Å². The van der Waals surface area contributed by atoms with E-state index < -0.39 is 32.5 Å². The largest absolute Gasteiger partial charge is 0.472 e. The summed E-state index contributed by atoms with van der Waals surface area (Å²) < 4.78 is 32.7. The lowest BCUT2D eigenvalue weighted by molar-refractivity contribution is -0.161. The molecule has 2 atom stereocenters. The van der Waals surface area contributed by atoms with Gasteiger partial charge >= 0.3 is 19.8 Å². The van der Waals surface area contributed by atoms with Gasteiger partial charge in [0.05, 0.1) is 13.2 Å². The molecule has 0 aromatic heterocycles. The van der Waals surface area contributed by atoms with Crippen LogP contribution < -0.4 is 5.73 Å². The second kappa shape index (κ2) is 40.8. The molecule has 3 N–H and O–H groups in total. The van der Waals surface area contributed by atoms with Crippen molar-refractivity contribution in [3.63, 3.8) is 0 Å². The zero-order valence-corrected chi connectivity index (χ0v) is 35.3. The standard InChI is InChI=1S/C45H76NO8P/c1-3-5-7-9-11-13-15-17-19-20-21-22-24-26-28-30-32-34-36-38-45(48)54-43(42-53-55(49,50)52-40-39-46)41-51-44(47)37-35-33-31-29-27-25-23-18-16-14-12-10-8-6-4-2/h5-8,11-14,17-19,21-23,43H,3-4,9-10,15-16,20,24-42,46H2,1-2H3,(H,49,50)/b7-5-,8-6-,13-11-,14-12-,19-17-,22-21-,23-18-. The Hall–Kier alpha value is -2.81. The van der Waals surface area contributed by atoms with Gasteiger partial charge < -0.3 is 20.1 Å². The molecule has 0 fully saturated rings. The molecular weight excluding hydrogens is 713 g/mol. The van der Waals surface area contributed by atoms with Crippen molar-refractivity contribution in [3.8, 4) is 0 Å². The Labute approximate surface area is 334 Å². The summed E-state index contributed by atoms with van der Waals surface area (Å²) in [6, 6.07) is 0. The van der Waals surface area contributed by atoms with Crippen molar-refractivity contribution < 1.29 is 37.6 Å². The van der Waals surface area contributed by atoms with Crippen molar-refractivity contribution in [3.05, 3.63) is 85.1 Å². The number of unbranched alkanes of at least 4 members (excludes halogenated alkanes) is 11. The van der Waals surface area contributed by atoms with E-state index >= 15 is 0 Å². The maximum absolute atomic E-state index is 12.6. The van der Waals surface area contributed by atoms with Gasteiger partial charge in [0.2, 0.25) is 0 Å². The van der Waals surface area contributed by atoms with Crippen LogP contribution in [0.1, 0.15) is 155 Å². The molecule has 314 valence electrons. The summed E-state index contributed by atoms with van der Waals surface area (Å²) in [5.41, 5.74) is 5.34. The highest BCUT2D eigenvalue weighted by molar-refractivity contribution is 7.47. The average Bonchev–Trinajstić information content (AvgIpc) is 3.17. The number of hydrogen-bond donors (Lipinski definition) is 2. The molecule has 0 amide bonds. The van der Waals surface area contributed by atoms with Crippen LogP contribution in [0, 0.1) is 0 Å². The lowest BCUT2D eigenvalue weighted by Gasteiger charge is -2.19. The summed E-state index contributed by atoms with van der Waals surface area (Å²) in [5.74, 6) is -0.874. The monoisotopic (exact) mass is 790 g/mol. The predicted octanol–water partition coefficient (Wildman–Crippen LogP) is 12.0. The first-order valence-corrected chi connectivity index (χ1v) is 22.6. The molecule has 0 heterocycles. The van der Waals surface area contributed by atoms with Crippen LogP contribution in [0.25, 0.3) is 0 Å². The molecule has 0 saturated carbocycles. The summed E-state index contributed by atoms with van der Waals surface area (Å²) in [5, 5.41) is 0. The number of esters is 2. The van der Waals surface area contributed by atoms with Crippen LogP contribution in [0.2, 0.25) is 0 Å². The summed E-state index contributed by atoms with van der Waals surface area (Å²) in [7, 11) is -4.39. The number of phosphoric acid groups is 1. The van der Waals surface area contributed by atoms with Crippen molar-refractivity contribution in [2.24, 2.45) is 5.73 Å². The molecule has 0 aliphatic rings. The normalized spacial score (nSPS) is 14.2. The molecule has 0 aromatic carbocycles. The number of carbonyl (C=O) groups is 2. The van der Waals surface area contributed by atoms with E-state index in [-0.39, 0.29) is 32.6 Å². The zero-order valence-electron chi connectivity index (χ0n) is 34.4. The summed E-state index contributed by atoms with van der Waals surface area (Å²) >= 11 is 0. The Morgan fingerprint density at radius 2 is 0.945 bits per heavy atom. The van der Waals surface area contributed by atoms with Gasteiger partial charge in [-0.15, -0.1) is 0 Å². The Bertz CT molecular complexity index is 1170. The smallest absolute Gasteiger partial charge is 0.462 e. The Morgan fingerprint density at radius 3 is 1.40 bits per heavy atom. The topological polar surface area (TPSA) is 134 Å². The van der Waals surface area contributed by atoms with Crippen LogP contribution in [0.5, 0.6) is 0 Å². The third-order valence-electron chi connectivity index (χ3n) is 8.28. The van der Waals surface area contributed by atoms with Gasteiger partial charge in [-0.25, -0.2) is 4.57 Å². The van der Waals surface area contributed by atoms with Crippen molar-refractivity contribution in [1.82, 2.24) is 0 Å². The molecule has 0 aliphatic heterocycles. The third-order valence-corrected chi connectivity index (χ3v) is 9.26. The number of hydrogen-bond acceptors (Lipinski definition) is 8. The zero-order chi connectivity index (χ0) is 40.3. The molecule has 0 bridgehead atoms. The van der Waals surface area contributed by atoms with E-state index in [0.29, 0.717) is 12.8 Å². The number of rotatable bonds is 38. The molecule has 0 aromatic rings. The Morgan fingerprint density at radius 1 is 0.545 bits per heavy atom. The van der Waals surface area contributed by atoms with Gasteiger partial charge in [0, 0.05) is 19.4 Å². The summed E-state index contributed by atoms with van der Waals surface area (Å²) in [6.07, 6.45) is 50.4. The van der Waals surface area contributed by atoms with Crippen LogP contribution in [0.3, 0.4) is 0 Å². The molecule has 0 radical (unpaired) electrons. The van der Waals surface area contributed by atoms with Crippen molar-refractivity contribution >= 4 is 19.8 Å². The van der Waals surface area contributed by atoms with E-state index in [0.717, 1.165) is 116 Å². The van der Waals surface area contributed by atoms with Gasteiger partial charge in [0.1, 0.15) is 6.61 Å². The highest BCUT2D eigenvalue weighted by Gasteiger charge is 2.25. The molecule has 0 rings (SSSR count). The molecule has 0 spiro atoms. The van der Waals surface area contributed by atoms with Crippen molar-refractivity contribution in [2.45, 2.75) is 161 Å². The van der Waals surface area contributed by atoms with Gasteiger partial charge in [0.15, 0.2) is 6.10 Å². The molecule has 0 aliphatic carbocycles. The molecule has 9 nitrogen and oxygen atoms in total. The number of carbonyl (C=O) groups excluding carboxylic acids is 2. The molecule has 10 heteroatoms. The highest BCUT2D eigenvalue weighted by Crippen LogP contribution is 2.43. The SMILES string of the molecule is CC/C=C\C/C=C\C/C=C\C/C=C\CCCCCCCCC(=O)OC(COC(=O)CCCCCCC/C=C\C/C=C\C/C=C\CC)COP(=O)(O)OCCN. The van der Waals surface area contributed by atoms with Crippen molar-refractivity contribution in [1.29, 1.82) is 0 Å². The van der Waals surface area contributed by atoms with Gasteiger partial charge in [-0.2, -0.15) is 0 Å². The number of phosphoric ester groups is 1. The van der Waals surface area contributed by atoms with E-state index in [9.17, 15) is 19.0 Å². The summed E-state index contributed by atoms with van der Waals surface area (Å²) in [6.45, 7) is 3.45. The fourth-order valence-corrected chi connectivity index (χ4v) is 5.99. The minimum atomic E-state index is -4.39. The van der Waals surface area contributed by atoms with Gasteiger partial charge in [0.25, 0.3) is 0 Å². The quantitative estimate of drug-likeness (QED) is 0.0271. The van der Waals surface area contributed by atoms with E-state index in [4.69, 9.17) is 24.3 Å². The van der Waals surface area contributed by atoms with E-state index in [1.54, 1.807) is 0 Å². The summed E-state index contributed by atoms with van der Waals surface area (Å²) in [4.78, 5) is 34.9. The fourth-order valence-electron chi connectivity index (χ4n) is 5.23. The van der Waals surface area contributed by atoms with Crippen LogP contribution in [0.4, 0.5) is 0 Å². The molecule has 0 saturated heterocycles. The second-order valence-electron chi connectivity index (χ2n) is 13.4. The van der Waals surface area contributed by atoms with E-state index in [2.05, 4.69) is 98.9 Å². The molecular formula is C45H76NO8P. The first-order chi connectivity index (χ1) is 26.8. The first-order valence-electron chi connectivity index (χ1n) is 21.1. The van der Waals surface area contributed by atoms with Crippen LogP contribution >= 0.6 is 7.82 Å². The maximum atomic E-state index is 12.6. The van der Waals surface area contributed by atoms with E-state index in [1.165, 1.54) is 0 Å². The fraction of sp³-hybridized carbons (Fsp3) is 0.644. The first kappa shape index (κ1) is 52.2. The highest BCUT2D eigenvalue weighted by atomic mass is 31.2. The molecule has 55 heavy (non-hydrogen) atoms. The number of nitrogens with two attached hydrogens (primary N) is 1. The molecule has 2 unspecified atom stereocenters. The number of ether oxygens (including phenoxy) is 2. The predicted molar refractivity (Wildman–Crippen MR) is 229 cm³/mol. The number of allylic oxidation sites excluding steroid dienone is 14. The second-order valence-corrected chi connectivity index (χ2v) is 14.9. The third kappa shape index (κ3) is 40.7. The Kier molecular flexibility index (Phi) is 38.8. The lowest BCUT2D eigenvalue weighted by Crippen LogP contribution is -2.29. The van der Waals surface area contributed by atoms with Crippen LogP contribution in [0.15, 0.2) is 85.1 Å². The minimum absolute atomic E-state index is 0.0434. The minimum Gasteiger partial charge on any atom is -0.462 e. The van der Waals surface area contributed by atoms with Gasteiger partial charge in [-0.05, 0) is 83.5 Å². The van der Waals surface area contributed by atoms with Crippen molar-refractivity contribution in [2.75, 3.05) is 26.4 Å².